The minimum atomic E-state index is 0.140. The van der Waals surface area contributed by atoms with E-state index < -0.39 is 0 Å². The first-order valence-corrected chi connectivity index (χ1v) is 5.80. The predicted molar refractivity (Wildman–Crippen MR) is 59.4 cm³/mol. The molecule has 1 heterocycles. The highest BCUT2D eigenvalue weighted by molar-refractivity contribution is 5.82. The van der Waals surface area contributed by atoms with Gasteiger partial charge in [0.1, 0.15) is 0 Å². The molecule has 1 amide bonds. The zero-order valence-electron chi connectivity index (χ0n) is 9.65. The van der Waals surface area contributed by atoms with E-state index in [1.165, 1.54) is 0 Å². The van der Waals surface area contributed by atoms with Crippen molar-refractivity contribution in [1.82, 2.24) is 9.80 Å². The summed E-state index contributed by atoms with van der Waals surface area (Å²) in [6.07, 6.45) is 3.09. The molecule has 0 aromatic rings. The number of piperidine rings is 1. The number of carbonyl (C=O) groups excluding carboxylic acids is 1. The molecular weight excluding hydrogens is 190 g/mol. The highest BCUT2D eigenvalue weighted by Gasteiger charge is 2.42. The van der Waals surface area contributed by atoms with Crippen molar-refractivity contribution < 1.29 is 4.79 Å². The Hall–Kier alpha value is -0.610. The van der Waals surface area contributed by atoms with E-state index in [9.17, 15) is 4.79 Å². The third-order valence-corrected chi connectivity index (χ3v) is 3.66. The molecule has 0 aromatic carbocycles. The van der Waals surface area contributed by atoms with Crippen LogP contribution in [0.2, 0.25) is 0 Å². The van der Waals surface area contributed by atoms with Gasteiger partial charge in [-0.25, -0.2) is 0 Å². The minimum absolute atomic E-state index is 0.140. The third-order valence-electron chi connectivity index (χ3n) is 3.66. The molecule has 1 saturated carbocycles. The number of nitrogens with zero attached hydrogens (tertiary/aromatic N) is 2. The third kappa shape index (κ3) is 2.32. The van der Waals surface area contributed by atoms with Crippen LogP contribution < -0.4 is 5.73 Å². The van der Waals surface area contributed by atoms with Crippen LogP contribution in [0, 0.1) is 5.92 Å². The molecule has 86 valence electrons. The van der Waals surface area contributed by atoms with Crippen LogP contribution in [0.4, 0.5) is 0 Å². The quantitative estimate of drug-likeness (QED) is 0.693. The fraction of sp³-hybridized carbons (Fsp3) is 0.909. The molecule has 0 radical (unpaired) electrons. The molecule has 2 atom stereocenters. The van der Waals surface area contributed by atoms with Crippen LogP contribution in [0.1, 0.15) is 19.3 Å². The average Bonchev–Trinajstić information content (AvgIpc) is 2.94. The van der Waals surface area contributed by atoms with Gasteiger partial charge in [0.25, 0.3) is 0 Å². The molecule has 4 heteroatoms. The van der Waals surface area contributed by atoms with Crippen LogP contribution >= 0.6 is 0 Å². The molecule has 4 nitrogen and oxygen atoms in total. The van der Waals surface area contributed by atoms with Gasteiger partial charge in [-0.05, 0) is 33.4 Å². The summed E-state index contributed by atoms with van der Waals surface area (Å²) in [6, 6.07) is 0.783. The fourth-order valence-electron chi connectivity index (χ4n) is 2.34. The number of rotatable bonds is 2. The van der Waals surface area contributed by atoms with E-state index in [1.807, 2.05) is 4.90 Å². The van der Waals surface area contributed by atoms with Gasteiger partial charge in [0, 0.05) is 25.2 Å². The number of carbonyl (C=O) groups is 1. The highest BCUT2D eigenvalue weighted by Crippen LogP contribution is 2.31. The van der Waals surface area contributed by atoms with E-state index in [0.29, 0.717) is 11.9 Å². The van der Waals surface area contributed by atoms with Crippen molar-refractivity contribution in [2.45, 2.75) is 31.3 Å². The van der Waals surface area contributed by atoms with E-state index >= 15 is 0 Å². The van der Waals surface area contributed by atoms with Crippen molar-refractivity contribution in [2.24, 2.45) is 11.7 Å². The molecule has 1 aliphatic carbocycles. The number of amides is 1. The van der Waals surface area contributed by atoms with Crippen molar-refractivity contribution in [3.8, 4) is 0 Å². The van der Waals surface area contributed by atoms with Crippen LogP contribution in [-0.4, -0.2) is 55.0 Å². The fourth-order valence-corrected chi connectivity index (χ4v) is 2.34. The summed E-state index contributed by atoms with van der Waals surface area (Å²) >= 11 is 0. The monoisotopic (exact) mass is 211 g/mol. The van der Waals surface area contributed by atoms with Gasteiger partial charge in [-0.1, -0.05) is 0 Å². The van der Waals surface area contributed by atoms with Crippen LogP contribution in [0.15, 0.2) is 0 Å². The standard InChI is InChI=1S/C11H21N3O/c1-13(2)8-3-5-14(6-4-8)11(15)9-7-10(9)12/h8-10H,3-7,12H2,1-2H3. The first-order chi connectivity index (χ1) is 7.09. The maximum absolute atomic E-state index is 11.9. The van der Waals surface area contributed by atoms with Crippen LogP contribution in [0.5, 0.6) is 0 Å². The summed E-state index contributed by atoms with van der Waals surface area (Å²) in [7, 11) is 4.22. The van der Waals surface area contributed by atoms with Crippen LogP contribution in [-0.2, 0) is 4.79 Å². The largest absolute Gasteiger partial charge is 0.342 e. The van der Waals surface area contributed by atoms with Crippen molar-refractivity contribution in [1.29, 1.82) is 0 Å². The second-order valence-corrected chi connectivity index (χ2v) is 5.03. The molecule has 1 aliphatic heterocycles. The van der Waals surface area contributed by atoms with Crippen LogP contribution in [0.25, 0.3) is 0 Å². The smallest absolute Gasteiger partial charge is 0.227 e. The number of nitrogens with two attached hydrogens (primary N) is 1. The highest BCUT2D eigenvalue weighted by atomic mass is 16.2. The molecule has 2 aliphatic rings. The summed E-state index contributed by atoms with van der Waals surface area (Å²) in [6.45, 7) is 1.82. The van der Waals surface area contributed by atoms with Crippen molar-refractivity contribution in [3.05, 3.63) is 0 Å². The number of likely N-dealkylation sites (tertiary alicyclic amines) is 1. The molecule has 0 spiro atoms. The lowest BCUT2D eigenvalue weighted by Gasteiger charge is -2.35. The molecule has 2 unspecified atom stereocenters. The average molecular weight is 211 g/mol. The molecule has 2 fully saturated rings. The van der Waals surface area contributed by atoms with Gasteiger partial charge < -0.3 is 15.5 Å². The molecule has 15 heavy (non-hydrogen) atoms. The SMILES string of the molecule is CN(C)C1CCN(C(=O)C2CC2N)CC1. The van der Waals surface area contributed by atoms with Gasteiger partial charge >= 0.3 is 0 Å². The summed E-state index contributed by atoms with van der Waals surface area (Å²) in [5.74, 6) is 0.431. The van der Waals surface area contributed by atoms with E-state index in [1.54, 1.807) is 0 Å². The number of hydrogen-bond acceptors (Lipinski definition) is 3. The van der Waals surface area contributed by atoms with Gasteiger partial charge in [-0.15, -0.1) is 0 Å². The lowest BCUT2D eigenvalue weighted by atomic mass is 10.0. The van der Waals surface area contributed by atoms with Gasteiger partial charge in [-0.2, -0.15) is 0 Å². The topological polar surface area (TPSA) is 49.6 Å². The maximum atomic E-state index is 11.9. The van der Waals surface area contributed by atoms with Crippen molar-refractivity contribution in [2.75, 3.05) is 27.2 Å². The molecular formula is C11H21N3O. The normalized spacial score (nSPS) is 32.1. The van der Waals surface area contributed by atoms with Crippen molar-refractivity contribution >= 4 is 5.91 Å². The van der Waals surface area contributed by atoms with Crippen LogP contribution in [0.3, 0.4) is 0 Å². The Morgan fingerprint density at radius 3 is 2.27 bits per heavy atom. The van der Waals surface area contributed by atoms with Gasteiger partial charge in [0.15, 0.2) is 0 Å². The molecule has 2 rings (SSSR count). The summed E-state index contributed by atoms with van der Waals surface area (Å²) in [5.41, 5.74) is 5.69. The molecule has 0 aromatic heterocycles. The van der Waals surface area contributed by atoms with E-state index in [4.69, 9.17) is 5.73 Å². The van der Waals surface area contributed by atoms with Gasteiger partial charge in [-0.3, -0.25) is 4.79 Å². The Kier molecular flexibility index (Phi) is 2.98. The van der Waals surface area contributed by atoms with Gasteiger partial charge in [0.05, 0.1) is 5.92 Å². The Balaban J connectivity index is 1.80. The minimum Gasteiger partial charge on any atom is -0.342 e. The van der Waals surface area contributed by atoms with E-state index in [2.05, 4.69) is 19.0 Å². The Morgan fingerprint density at radius 1 is 1.33 bits per heavy atom. The second-order valence-electron chi connectivity index (χ2n) is 5.03. The molecule has 1 saturated heterocycles. The van der Waals surface area contributed by atoms with E-state index in [0.717, 1.165) is 32.4 Å². The zero-order chi connectivity index (χ0) is 11.0. The summed E-state index contributed by atoms with van der Waals surface area (Å²) in [5, 5.41) is 0. The second kappa shape index (κ2) is 4.10. The van der Waals surface area contributed by atoms with Crippen molar-refractivity contribution in [3.63, 3.8) is 0 Å². The molecule has 0 bridgehead atoms. The molecule has 2 N–H and O–H groups in total. The maximum Gasteiger partial charge on any atom is 0.227 e. The Bertz CT molecular complexity index is 246. The first kappa shape index (κ1) is 10.9. The summed E-state index contributed by atoms with van der Waals surface area (Å²) in [4.78, 5) is 16.1. The summed E-state index contributed by atoms with van der Waals surface area (Å²) < 4.78 is 0. The first-order valence-electron chi connectivity index (χ1n) is 5.80. The lowest BCUT2D eigenvalue weighted by Crippen LogP contribution is -2.45. The zero-order valence-corrected chi connectivity index (χ0v) is 9.65. The Labute approximate surface area is 91.4 Å². The lowest BCUT2D eigenvalue weighted by molar-refractivity contribution is -0.134. The van der Waals surface area contributed by atoms with E-state index in [-0.39, 0.29) is 12.0 Å². The predicted octanol–water partition coefficient (Wildman–Crippen LogP) is -0.114. The number of hydrogen-bond donors (Lipinski definition) is 1. The van der Waals surface area contributed by atoms with Gasteiger partial charge in [0.2, 0.25) is 5.91 Å². The Morgan fingerprint density at radius 2 is 1.87 bits per heavy atom.